The van der Waals surface area contributed by atoms with Crippen LogP contribution < -0.4 is 4.74 Å². The quantitative estimate of drug-likeness (QED) is 0.266. The third kappa shape index (κ3) is 4.64. The van der Waals surface area contributed by atoms with E-state index in [2.05, 4.69) is 11.6 Å². The first-order chi connectivity index (χ1) is 17.8. The molecular formula is C27H19FN2O5S2. The Labute approximate surface area is 215 Å². The number of carboxylic acids is 1. The smallest absolute Gasteiger partial charge is 0.341 e. The van der Waals surface area contributed by atoms with Gasteiger partial charge in [0.1, 0.15) is 16.6 Å². The van der Waals surface area contributed by atoms with Crippen LogP contribution in [-0.4, -0.2) is 35.1 Å². The number of hydrogen-bond donors (Lipinski definition) is 1. The second-order valence-electron chi connectivity index (χ2n) is 8.01. The van der Waals surface area contributed by atoms with Crippen LogP contribution in [0.2, 0.25) is 0 Å². The van der Waals surface area contributed by atoms with E-state index in [-0.39, 0.29) is 16.5 Å². The van der Waals surface area contributed by atoms with Crippen LogP contribution in [0.3, 0.4) is 0 Å². The summed E-state index contributed by atoms with van der Waals surface area (Å²) in [5.41, 5.74) is 3.02. The largest absolute Gasteiger partial charge is 0.481 e. The number of halogens is 1. The number of carbonyl (C=O) groups is 1. The second-order valence-corrected chi connectivity index (χ2v) is 10.7. The molecule has 0 aliphatic heterocycles. The van der Waals surface area contributed by atoms with Gasteiger partial charge in [-0.1, -0.05) is 30.9 Å². The first-order valence-electron chi connectivity index (χ1n) is 11.0. The van der Waals surface area contributed by atoms with Crippen LogP contribution in [0.1, 0.15) is 5.56 Å². The molecule has 0 radical (unpaired) electrons. The standard InChI is InChI=1S/C27H19FN2O5S2/c1-2-17-13-21(8-10-25(17)35-16-26(31)32)37(33,34)30-15-23(27-29-11-12-36-27)22-14-19(5-9-24(22)30)18-3-6-20(28)7-4-18/h2-15H,1,16H2,(H,31,32). The molecule has 2 aromatic heterocycles. The number of benzene rings is 3. The molecule has 0 amide bonds. The predicted molar refractivity (Wildman–Crippen MR) is 141 cm³/mol. The van der Waals surface area contributed by atoms with Crippen molar-refractivity contribution in [2.75, 3.05) is 6.61 Å². The molecule has 7 nitrogen and oxygen atoms in total. The minimum Gasteiger partial charge on any atom is -0.481 e. The zero-order valence-corrected chi connectivity index (χ0v) is 20.8. The molecule has 0 spiro atoms. The van der Waals surface area contributed by atoms with Gasteiger partial charge in [0.15, 0.2) is 6.61 Å². The molecule has 0 fully saturated rings. The molecule has 5 aromatic rings. The lowest BCUT2D eigenvalue weighted by Crippen LogP contribution is -2.13. The maximum absolute atomic E-state index is 13.8. The summed E-state index contributed by atoms with van der Waals surface area (Å²) in [6.45, 7) is 3.12. The fourth-order valence-corrected chi connectivity index (χ4v) is 6.05. The molecule has 0 bridgehead atoms. The van der Waals surface area contributed by atoms with Gasteiger partial charge in [-0.05, 0) is 53.6 Å². The van der Waals surface area contributed by atoms with E-state index in [1.807, 2.05) is 11.4 Å². The number of fused-ring (bicyclic) bond motifs is 1. The van der Waals surface area contributed by atoms with E-state index in [0.29, 0.717) is 27.0 Å². The monoisotopic (exact) mass is 534 g/mol. The first kappa shape index (κ1) is 24.4. The average molecular weight is 535 g/mol. The van der Waals surface area contributed by atoms with Crippen LogP contribution in [0.15, 0.2) is 89.9 Å². The molecule has 0 unspecified atom stereocenters. The van der Waals surface area contributed by atoms with Crippen molar-refractivity contribution < 1.29 is 27.4 Å². The van der Waals surface area contributed by atoms with Gasteiger partial charge in [-0.15, -0.1) is 11.3 Å². The number of aromatic nitrogens is 2. The number of rotatable bonds is 8. The third-order valence-electron chi connectivity index (χ3n) is 5.72. The summed E-state index contributed by atoms with van der Waals surface area (Å²) in [6, 6.07) is 15.6. The van der Waals surface area contributed by atoms with Gasteiger partial charge >= 0.3 is 5.97 Å². The number of carboxylic acid groups (broad SMARTS) is 1. The molecule has 0 aliphatic rings. The van der Waals surface area contributed by atoms with Gasteiger partial charge in [-0.3, -0.25) is 0 Å². The molecule has 5 rings (SSSR count). The number of hydrogen-bond acceptors (Lipinski definition) is 6. The summed E-state index contributed by atoms with van der Waals surface area (Å²) in [6.07, 6.45) is 4.59. The topological polar surface area (TPSA) is 98.5 Å². The summed E-state index contributed by atoms with van der Waals surface area (Å²) >= 11 is 1.38. The maximum Gasteiger partial charge on any atom is 0.341 e. The molecule has 0 atom stereocenters. The zero-order chi connectivity index (χ0) is 26.2. The highest BCUT2D eigenvalue weighted by Crippen LogP contribution is 2.37. The maximum atomic E-state index is 13.8. The number of aliphatic carboxylic acids is 1. The minimum atomic E-state index is -4.08. The fraction of sp³-hybridized carbons (Fsp3) is 0.0370. The normalized spacial score (nSPS) is 11.5. The third-order valence-corrected chi connectivity index (χ3v) is 8.20. The van der Waals surface area contributed by atoms with Crippen molar-refractivity contribution >= 4 is 44.3 Å². The van der Waals surface area contributed by atoms with Gasteiger partial charge < -0.3 is 9.84 Å². The molecule has 0 aliphatic carbocycles. The van der Waals surface area contributed by atoms with Crippen molar-refractivity contribution in [3.05, 3.63) is 96.4 Å². The summed E-state index contributed by atoms with van der Waals surface area (Å²) < 4.78 is 47.5. The number of ether oxygens (including phenoxy) is 1. The van der Waals surface area contributed by atoms with Crippen molar-refractivity contribution in [3.8, 4) is 27.4 Å². The number of nitrogens with zero attached hydrogens (tertiary/aromatic N) is 2. The lowest BCUT2D eigenvalue weighted by atomic mass is 10.0. The van der Waals surface area contributed by atoms with Crippen LogP contribution in [0.5, 0.6) is 5.75 Å². The molecule has 0 saturated heterocycles. The highest BCUT2D eigenvalue weighted by atomic mass is 32.2. The van der Waals surface area contributed by atoms with E-state index < -0.39 is 22.6 Å². The Hall–Kier alpha value is -4.28. The summed E-state index contributed by atoms with van der Waals surface area (Å²) in [5.74, 6) is -1.29. The van der Waals surface area contributed by atoms with Crippen molar-refractivity contribution in [3.63, 3.8) is 0 Å². The Morgan fingerprint density at radius 3 is 2.54 bits per heavy atom. The Bertz CT molecular complexity index is 1740. The molecule has 37 heavy (non-hydrogen) atoms. The summed E-state index contributed by atoms with van der Waals surface area (Å²) in [7, 11) is -4.08. The van der Waals surface area contributed by atoms with E-state index in [1.54, 1.807) is 30.5 Å². The molecule has 186 valence electrons. The average Bonchev–Trinajstić information content (AvgIpc) is 3.55. The lowest BCUT2D eigenvalue weighted by molar-refractivity contribution is -0.139. The van der Waals surface area contributed by atoms with E-state index in [9.17, 15) is 17.6 Å². The SMILES string of the molecule is C=Cc1cc(S(=O)(=O)n2cc(-c3nccs3)c3cc(-c4ccc(F)cc4)ccc32)ccc1OCC(=O)O. The Balaban J connectivity index is 1.66. The number of thiazole rings is 1. The van der Waals surface area contributed by atoms with Crippen molar-refractivity contribution in [1.82, 2.24) is 8.96 Å². The van der Waals surface area contributed by atoms with Gasteiger partial charge in [0.05, 0.1) is 10.4 Å². The van der Waals surface area contributed by atoms with Crippen molar-refractivity contribution in [2.45, 2.75) is 4.90 Å². The lowest BCUT2D eigenvalue weighted by Gasteiger charge is -2.12. The van der Waals surface area contributed by atoms with Gasteiger partial charge in [0, 0.05) is 34.3 Å². The fourth-order valence-electron chi connectivity index (χ4n) is 3.98. The van der Waals surface area contributed by atoms with Crippen LogP contribution in [-0.2, 0) is 14.8 Å². The Kier molecular flexibility index (Phi) is 6.36. The molecule has 1 N–H and O–H groups in total. The predicted octanol–water partition coefficient (Wildman–Crippen LogP) is 5.91. The Morgan fingerprint density at radius 1 is 1.11 bits per heavy atom. The summed E-state index contributed by atoms with van der Waals surface area (Å²) in [4.78, 5) is 15.2. The van der Waals surface area contributed by atoms with Crippen LogP contribution in [0.25, 0.3) is 38.7 Å². The van der Waals surface area contributed by atoms with E-state index in [1.165, 1.54) is 57.9 Å². The van der Waals surface area contributed by atoms with Gasteiger partial charge in [-0.2, -0.15) is 0 Å². The molecule has 0 saturated carbocycles. The zero-order valence-electron chi connectivity index (χ0n) is 19.2. The van der Waals surface area contributed by atoms with E-state index in [0.717, 1.165) is 11.1 Å². The van der Waals surface area contributed by atoms with Gasteiger partial charge in [0.2, 0.25) is 0 Å². The van der Waals surface area contributed by atoms with E-state index in [4.69, 9.17) is 9.84 Å². The highest BCUT2D eigenvalue weighted by molar-refractivity contribution is 7.90. The van der Waals surface area contributed by atoms with Crippen LogP contribution in [0.4, 0.5) is 4.39 Å². The minimum absolute atomic E-state index is 0.0183. The van der Waals surface area contributed by atoms with Crippen molar-refractivity contribution in [1.29, 1.82) is 0 Å². The molecule has 2 heterocycles. The van der Waals surface area contributed by atoms with Gasteiger partial charge in [-0.25, -0.2) is 26.6 Å². The highest BCUT2D eigenvalue weighted by Gasteiger charge is 2.24. The Morgan fingerprint density at radius 2 is 1.86 bits per heavy atom. The molecule has 3 aromatic carbocycles. The molecular weight excluding hydrogens is 515 g/mol. The summed E-state index contributed by atoms with van der Waals surface area (Å²) in [5, 5.41) is 12.0. The van der Waals surface area contributed by atoms with E-state index >= 15 is 0 Å². The van der Waals surface area contributed by atoms with Crippen molar-refractivity contribution in [2.24, 2.45) is 0 Å². The first-order valence-corrected chi connectivity index (χ1v) is 13.3. The van der Waals surface area contributed by atoms with Gasteiger partial charge in [0.25, 0.3) is 10.0 Å². The van der Waals surface area contributed by atoms with Crippen LogP contribution in [0, 0.1) is 5.82 Å². The second kappa shape index (κ2) is 9.64. The van der Waals surface area contributed by atoms with Crippen LogP contribution >= 0.6 is 11.3 Å². The molecule has 10 heteroatoms.